The number of alkyl halides is 3. The first-order valence-corrected chi connectivity index (χ1v) is 5.92. The van der Waals surface area contributed by atoms with Crippen LogP contribution in [0.3, 0.4) is 0 Å². The summed E-state index contributed by atoms with van der Waals surface area (Å²) in [6.07, 6.45) is -4.56. The van der Waals surface area contributed by atoms with Gasteiger partial charge in [0.05, 0.1) is 6.57 Å². The third-order valence-corrected chi connectivity index (χ3v) is 3.29. The van der Waals surface area contributed by atoms with Crippen molar-refractivity contribution in [2.75, 3.05) is 13.1 Å². The van der Waals surface area contributed by atoms with E-state index in [0.29, 0.717) is 11.1 Å². The minimum atomic E-state index is -4.89. The molecule has 0 saturated heterocycles. The van der Waals surface area contributed by atoms with E-state index >= 15 is 0 Å². The maximum absolute atomic E-state index is 12.4. The molecule has 2 rings (SSSR count). The van der Waals surface area contributed by atoms with E-state index in [0.717, 1.165) is 4.90 Å². The van der Waals surface area contributed by atoms with Crippen molar-refractivity contribution in [3.05, 3.63) is 34.7 Å². The van der Waals surface area contributed by atoms with Crippen molar-refractivity contribution in [2.45, 2.75) is 19.0 Å². The Balaban J connectivity index is 2.26. The molecule has 0 radical (unpaired) electrons. The van der Waals surface area contributed by atoms with Crippen molar-refractivity contribution in [3.63, 3.8) is 0 Å². The lowest BCUT2D eigenvalue weighted by Crippen LogP contribution is -2.42. The first kappa shape index (κ1) is 14.2. The smallest absolute Gasteiger partial charge is 0.471 e. The Morgan fingerprint density at radius 2 is 1.95 bits per heavy atom. The van der Waals surface area contributed by atoms with Gasteiger partial charge in [0.15, 0.2) is 0 Å². The Morgan fingerprint density at radius 3 is 2.55 bits per heavy atom. The molecule has 0 unspecified atom stereocenters. The predicted molar refractivity (Wildman–Crippen MR) is 64.4 cm³/mol. The zero-order valence-corrected chi connectivity index (χ0v) is 10.4. The van der Waals surface area contributed by atoms with Crippen molar-refractivity contribution in [2.24, 2.45) is 0 Å². The van der Waals surface area contributed by atoms with Crippen LogP contribution in [0.4, 0.5) is 18.9 Å². The van der Waals surface area contributed by atoms with E-state index in [1.54, 1.807) is 6.07 Å². The van der Waals surface area contributed by atoms with E-state index in [-0.39, 0.29) is 37.4 Å². The highest BCUT2D eigenvalue weighted by Gasteiger charge is 2.42. The summed E-state index contributed by atoms with van der Waals surface area (Å²) >= 11 is 0. The quantitative estimate of drug-likeness (QED) is 0.744. The van der Waals surface area contributed by atoms with Crippen LogP contribution in [-0.4, -0.2) is 35.2 Å². The number of aromatic hydroxyl groups is 1. The van der Waals surface area contributed by atoms with Gasteiger partial charge in [0, 0.05) is 13.1 Å². The molecule has 0 aliphatic carbocycles. The normalized spacial score (nSPS) is 15.2. The highest BCUT2D eigenvalue weighted by Crippen LogP contribution is 2.35. The number of carbonyl (C=O) groups is 1. The fourth-order valence-corrected chi connectivity index (χ4v) is 2.27. The third kappa shape index (κ3) is 2.54. The molecule has 0 saturated carbocycles. The number of hydrogen-bond acceptors (Lipinski definition) is 2. The summed E-state index contributed by atoms with van der Waals surface area (Å²) in [5, 5.41) is 9.90. The maximum Gasteiger partial charge on any atom is 0.471 e. The molecule has 0 atom stereocenters. The number of phenolic OH excluding ortho intramolecular Hbond substituents is 1. The van der Waals surface area contributed by atoms with E-state index in [4.69, 9.17) is 6.57 Å². The van der Waals surface area contributed by atoms with E-state index < -0.39 is 12.1 Å². The van der Waals surface area contributed by atoms with Gasteiger partial charge in [0.25, 0.3) is 0 Å². The molecular formula is C13H11F3N2O2. The van der Waals surface area contributed by atoms with E-state index in [1.165, 1.54) is 6.07 Å². The van der Waals surface area contributed by atoms with E-state index in [1.807, 2.05) is 0 Å². The molecule has 0 aromatic heterocycles. The van der Waals surface area contributed by atoms with Crippen molar-refractivity contribution in [3.8, 4) is 5.75 Å². The summed E-state index contributed by atoms with van der Waals surface area (Å²) < 4.78 is 37.2. The zero-order valence-electron chi connectivity index (χ0n) is 10.4. The summed E-state index contributed by atoms with van der Waals surface area (Å²) in [6.45, 7) is 6.72. The minimum Gasteiger partial charge on any atom is -0.519 e. The lowest BCUT2D eigenvalue weighted by Gasteiger charge is -2.21. The molecule has 20 heavy (non-hydrogen) atoms. The molecular weight excluding hydrogens is 273 g/mol. The molecule has 1 aromatic carbocycles. The predicted octanol–water partition coefficient (Wildman–Crippen LogP) is 2.43. The number of fused-ring (bicyclic) bond motifs is 1. The molecule has 1 aliphatic rings. The van der Waals surface area contributed by atoms with Gasteiger partial charge < -0.3 is 10.0 Å². The molecule has 7 heteroatoms. The minimum absolute atomic E-state index is 0.0534. The molecule has 0 fully saturated rings. The van der Waals surface area contributed by atoms with Crippen LogP contribution in [-0.2, 0) is 17.6 Å². The summed E-state index contributed by atoms with van der Waals surface area (Å²) in [5.41, 5.74) is 1.20. The van der Waals surface area contributed by atoms with Crippen LogP contribution in [0.15, 0.2) is 12.1 Å². The second-order valence-electron chi connectivity index (χ2n) is 4.47. The second-order valence-corrected chi connectivity index (χ2v) is 4.47. The van der Waals surface area contributed by atoms with Crippen LogP contribution < -0.4 is 0 Å². The molecule has 0 bridgehead atoms. The van der Waals surface area contributed by atoms with Gasteiger partial charge in [-0.1, -0.05) is 12.1 Å². The number of benzene rings is 1. The molecule has 1 N–H and O–H groups in total. The molecule has 1 heterocycles. The van der Waals surface area contributed by atoms with Gasteiger partial charge in [-0.25, -0.2) is 4.85 Å². The standard InChI is InChI=1S/C13H11F3N2O2/c1-17-10-3-2-8-4-6-18(12(20)13(14,15)16)7-5-9(8)11(10)19/h2-3,19H,4-7H2. The fraction of sp³-hybridized carbons (Fsp3) is 0.385. The first-order valence-electron chi connectivity index (χ1n) is 5.92. The van der Waals surface area contributed by atoms with Crippen LogP contribution >= 0.6 is 0 Å². The Morgan fingerprint density at radius 1 is 1.30 bits per heavy atom. The number of amides is 1. The van der Waals surface area contributed by atoms with Crippen molar-refractivity contribution in [1.82, 2.24) is 4.90 Å². The van der Waals surface area contributed by atoms with Gasteiger partial charge in [-0.05, 0) is 24.0 Å². The molecule has 1 aromatic rings. The van der Waals surface area contributed by atoms with Crippen molar-refractivity contribution >= 4 is 11.6 Å². The molecule has 1 amide bonds. The highest BCUT2D eigenvalue weighted by molar-refractivity contribution is 5.82. The van der Waals surface area contributed by atoms with Crippen LogP contribution in [0.1, 0.15) is 11.1 Å². The third-order valence-electron chi connectivity index (χ3n) is 3.29. The number of nitrogens with zero attached hydrogens (tertiary/aromatic N) is 2. The van der Waals surface area contributed by atoms with Gasteiger partial charge in [-0.2, -0.15) is 13.2 Å². The fourth-order valence-electron chi connectivity index (χ4n) is 2.27. The van der Waals surface area contributed by atoms with Crippen molar-refractivity contribution in [1.29, 1.82) is 0 Å². The number of carbonyl (C=O) groups excluding carboxylic acids is 1. The summed E-state index contributed by atoms with van der Waals surface area (Å²) in [6, 6.07) is 3.05. The lowest BCUT2D eigenvalue weighted by molar-refractivity contribution is -0.185. The summed E-state index contributed by atoms with van der Waals surface area (Å²) in [4.78, 5) is 15.1. The topological polar surface area (TPSA) is 44.9 Å². The average Bonchev–Trinajstić information content (AvgIpc) is 2.60. The van der Waals surface area contributed by atoms with E-state index in [2.05, 4.69) is 4.85 Å². The molecule has 106 valence electrons. The molecule has 0 spiro atoms. The van der Waals surface area contributed by atoms with Gasteiger partial charge in [0.2, 0.25) is 5.69 Å². The highest BCUT2D eigenvalue weighted by atomic mass is 19.4. The lowest BCUT2D eigenvalue weighted by atomic mass is 10.0. The largest absolute Gasteiger partial charge is 0.519 e. The van der Waals surface area contributed by atoms with Crippen LogP contribution in [0.2, 0.25) is 0 Å². The van der Waals surface area contributed by atoms with Crippen LogP contribution in [0.5, 0.6) is 5.75 Å². The number of rotatable bonds is 0. The van der Waals surface area contributed by atoms with Crippen molar-refractivity contribution < 1.29 is 23.1 Å². The van der Waals surface area contributed by atoms with Gasteiger partial charge in [-0.15, -0.1) is 0 Å². The maximum atomic E-state index is 12.4. The monoisotopic (exact) mass is 284 g/mol. The summed E-state index contributed by atoms with van der Waals surface area (Å²) in [5.74, 6) is -2.06. The molecule has 4 nitrogen and oxygen atoms in total. The van der Waals surface area contributed by atoms with Gasteiger partial charge in [0.1, 0.15) is 5.75 Å². The SMILES string of the molecule is [C-]#[N+]c1ccc2c(c1O)CCN(C(=O)C(F)(F)F)CC2. The Bertz CT molecular complexity index is 591. The van der Waals surface area contributed by atoms with Gasteiger partial charge in [-0.3, -0.25) is 4.79 Å². The summed E-state index contributed by atoms with van der Waals surface area (Å²) in [7, 11) is 0. The average molecular weight is 284 g/mol. The first-order chi connectivity index (χ1) is 9.34. The number of phenols is 1. The van der Waals surface area contributed by atoms with Crippen LogP contribution in [0.25, 0.3) is 4.85 Å². The second kappa shape index (κ2) is 5.04. The molecule has 1 aliphatic heterocycles. The number of hydrogen-bond donors (Lipinski definition) is 1. The van der Waals surface area contributed by atoms with Crippen LogP contribution in [0, 0.1) is 6.57 Å². The zero-order chi connectivity index (χ0) is 14.9. The Labute approximate surface area is 113 Å². The number of halogens is 3. The van der Waals surface area contributed by atoms with E-state index in [9.17, 15) is 23.1 Å². The Kier molecular flexibility index (Phi) is 3.57. The van der Waals surface area contributed by atoms with Gasteiger partial charge >= 0.3 is 12.1 Å². The Hall–Kier alpha value is -2.23.